The molecule has 0 saturated heterocycles. The highest BCUT2D eigenvalue weighted by Gasteiger charge is 2.06. The maximum atomic E-state index is 4.70. The molecule has 0 saturated carbocycles. The number of nitrogens with one attached hydrogen (secondary N) is 1. The molecule has 2 radical (unpaired) electrons. The van der Waals surface area contributed by atoms with Crippen LogP contribution in [0.5, 0.6) is 0 Å². The monoisotopic (exact) mass is 150 g/mol. The third-order valence-electron chi connectivity index (χ3n) is 0.457. The summed E-state index contributed by atoms with van der Waals surface area (Å²) >= 11 is 10.7. The number of hydrazine groups is 1. The third kappa shape index (κ3) is 1.41. The van der Waals surface area contributed by atoms with Crippen molar-refractivity contribution < 1.29 is 0 Å². The number of rotatable bonds is 0. The quantitative estimate of drug-likeness (QED) is 0.528. The van der Waals surface area contributed by atoms with Crippen LogP contribution in [0, 0.1) is 0 Å². The zero-order chi connectivity index (χ0) is 5.28. The average molecular weight is 150 g/mol. The Morgan fingerprint density at radius 3 is 2.71 bits per heavy atom. The van der Waals surface area contributed by atoms with E-state index >= 15 is 0 Å². The summed E-state index contributed by atoms with van der Waals surface area (Å²) in [5.74, 6) is 0. The summed E-state index contributed by atoms with van der Waals surface area (Å²) in [6, 6.07) is 0. The molecule has 1 rings (SSSR count). The van der Waals surface area contributed by atoms with E-state index in [4.69, 9.17) is 12.6 Å². The molecule has 0 spiro atoms. The van der Waals surface area contributed by atoms with Crippen LogP contribution in [-0.2, 0) is 0 Å². The van der Waals surface area contributed by atoms with Crippen molar-refractivity contribution in [3.8, 4) is 0 Å². The van der Waals surface area contributed by atoms with E-state index in [9.17, 15) is 0 Å². The van der Waals surface area contributed by atoms with Crippen LogP contribution in [0.3, 0.4) is 0 Å². The van der Waals surface area contributed by atoms with Gasteiger partial charge in [0.2, 0.25) is 0 Å². The molecule has 2 nitrogen and oxygen atoms in total. The Balaban J connectivity index is 2.42. The van der Waals surface area contributed by atoms with E-state index in [0.29, 0.717) is 5.03 Å². The molecule has 1 N–H and O–H groups in total. The van der Waals surface area contributed by atoms with Gasteiger partial charge >= 0.3 is 0 Å². The fraction of sp³-hybridized carbons (Fsp3) is 0. The molecule has 0 bridgehead atoms. The first-order valence-corrected chi connectivity index (χ1v) is 3.18. The Labute approximate surface area is 57.4 Å². The van der Waals surface area contributed by atoms with Crippen LogP contribution in [0.2, 0.25) is 0 Å². The van der Waals surface area contributed by atoms with E-state index in [-0.39, 0.29) is 0 Å². The lowest BCUT2D eigenvalue weighted by Crippen LogP contribution is -2.14. The van der Waals surface area contributed by atoms with Crippen LogP contribution in [0.15, 0.2) is 10.4 Å². The summed E-state index contributed by atoms with van der Waals surface area (Å²) in [6.07, 6.45) is 0. The van der Waals surface area contributed by atoms with Crippen molar-refractivity contribution in [2.24, 2.45) is 0 Å². The maximum absolute atomic E-state index is 4.70. The lowest BCUT2D eigenvalue weighted by molar-refractivity contribution is 0.667. The van der Waals surface area contributed by atoms with Crippen molar-refractivity contribution >= 4 is 37.4 Å². The summed E-state index contributed by atoms with van der Waals surface area (Å²) in [6.45, 7) is 0. The summed E-state index contributed by atoms with van der Waals surface area (Å²) in [7, 11) is 0. The van der Waals surface area contributed by atoms with E-state index in [1.807, 2.05) is 0 Å². The van der Waals surface area contributed by atoms with Gasteiger partial charge in [-0.2, -0.15) is 0 Å². The lowest BCUT2D eigenvalue weighted by Gasteiger charge is -2.00. The van der Waals surface area contributed by atoms with Crippen molar-refractivity contribution in [2.75, 3.05) is 0 Å². The Morgan fingerprint density at radius 1 is 1.86 bits per heavy atom. The van der Waals surface area contributed by atoms with Crippen molar-refractivity contribution in [1.29, 1.82) is 0 Å². The van der Waals surface area contributed by atoms with Crippen LogP contribution >= 0.6 is 37.4 Å². The Kier molecular flexibility index (Phi) is 1.69. The highest BCUT2D eigenvalue weighted by molar-refractivity contribution is 8.08. The highest BCUT2D eigenvalue weighted by atomic mass is 32.2. The second-order valence-electron chi connectivity index (χ2n) is 0.956. The van der Waals surface area contributed by atoms with Gasteiger partial charge in [-0.15, -0.1) is 0 Å². The van der Waals surface area contributed by atoms with Crippen molar-refractivity contribution in [1.82, 2.24) is 9.25 Å². The molecule has 0 aliphatic carbocycles. The van der Waals surface area contributed by atoms with Crippen molar-refractivity contribution in [3.63, 3.8) is 0 Å². The van der Waals surface area contributed by atoms with E-state index in [0.717, 1.165) is 0 Å². The molecule has 5 heteroatoms. The molecule has 0 aromatic rings. The first-order valence-electron chi connectivity index (χ1n) is 1.57. The Morgan fingerprint density at radius 2 is 2.57 bits per heavy atom. The van der Waals surface area contributed by atoms with Gasteiger partial charge in [0.15, 0.2) is 0 Å². The van der Waals surface area contributed by atoms with E-state index < -0.39 is 0 Å². The van der Waals surface area contributed by atoms with Crippen LogP contribution in [0.25, 0.3) is 0 Å². The van der Waals surface area contributed by atoms with Crippen molar-refractivity contribution in [3.05, 3.63) is 10.4 Å². The van der Waals surface area contributed by atoms with Gasteiger partial charge in [0.05, 0.1) is 0 Å². The largest absolute Gasteiger partial charge is 0.288 e. The zero-order valence-electron chi connectivity index (χ0n) is 3.25. The van der Waals surface area contributed by atoms with Crippen LogP contribution in [0.4, 0.5) is 0 Å². The first-order chi connectivity index (χ1) is 3.29. The minimum atomic E-state index is 0.694. The molecule has 1 heterocycles. The molecule has 1 aliphatic rings. The summed E-state index contributed by atoms with van der Waals surface area (Å²) in [5.41, 5.74) is 2.70. The minimum Gasteiger partial charge on any atom is -0.288 e. The first kappa shape index (κ1) is 5.55. The van der Waals surface area contributed by atoms with Crippen LogP contribution in [-0.4, -0.2) is 3.82 Å². The predicted molar refractivity (Wildman–Crippen MR) is 35.8 cm³/mol. The fourth-order valence-corrected chi connectivity index (χ4v) is 1.20. The highest BCUT2D eigenvalue weighted by Crippen LogP contribution is 2.21. The van der Waals surface area contributed by atoms with Crippen LogP contribution in [0.1, 0.15) is 0 Å². The SMILES string of the molecule is [S]C1=CSN([S])N1. The van der Waals surface area contributed by atoms with Gasteiger partial charge in [-0.3, -0.25) is 5.43 Å². The van der Waals surface area contributed by atoms with E-state index in [2.05, 4.69) is 18.2 Å². The number of hydrogen-bond donors (Lipinski definition) is 1. The molecule has 0 unspecified atom stereocenters. The molecule has 0 aromatic heterocycles. The van der Waals surface area contributed by atoms with Gasteiger partial charge < -0.3 is 0 Å². The van der Waals surface area contributed by atoms with Crippen molar-refractivity contribution in [2.45, 2.75) is 0 Å². The van der Waals surface area contributed by atoms with Crippen LogP contribution < -0.4 is 5.43 Å². The Bertz CT molecular complexity index is 101. The molecule has 38 valence electrons. The van der Waals surface area contributed by atoms with Gasteiger partial charge in [-0.25, -0.2) is 0 Å². The summed E-state index contributed by atoms with van der Waals surface area (Å²) in [5, 5.41) is 2.47. The van der Waals surface area contributed by atoms with Gasteiger partial charge in [0, 0.05) is 18.2 Å². The number of nitrogens with zero attached hydrogens (tertiary/aromatic N) is 1. The fourth-order valence-electron chi connectivity index (χ4n) is 0.238. The average Bonchev–Trinajstić information content (AvgIpc) is 1.87. The molecule has 7 heavy (non-hydrogen) atoms. The second kappa shape index (κ2) is 2.13. The maximum Gasteiger partial charge on any atom is 0.122 e. The smallest absolute Gasteiger partial charge is 0.122 e. The normalized spacial score (nSPS) is 21.6. The standard InChI is InChI=1S/C2H2N2S3/c5-2-1-7-4(6)3-2/h1,3H. The molecular formula is C2H2N2S3. The number of hydrogen-bond acceptors (Lipinski definition) is 3. The predicted octanol–water partition coefficient (Wildman–Crippen LogP) is 1.56. The molecule has 0 aromatic carbocycles. The summed E-state index contributed by atoms with van der Waals surface area (Å²) < 4.78 is 1.43. The molecule has 1 aliphatic heterocycles. The minimum absolute atomic E-state index is 0.694. The van der Waals surface area contributed by atoms with Gasteiger partial charge in [0.25, 0.3) is 0 Å². The lowest BCUT2D eigenvalue weighted by atomic mass is 11.0. The Hall–Kier alpha value is 0.420. The van der Waals surface area contributed by atoms with Gasteiger partial charge in [-0.05, 0) is 11.9 Å². The molecule has 0 atom stereocenters. The topological polar surface area (TPSA) is 15.3 Å². The zero-order valence-corrected chi connectivity index (χ0v) is 5.70. The molecular weight excluding hydrogens is 148 g/mol. The molecule has 0 fully saturated rings. The second-order valence-corrected chi connectivity index (χ2v) is 2.80. The third-order valence-corrected chi connectivity index (χ3v) is 1.79. The van der Waals surface area contributed by atoms with E-state index in [1.54, 1.807) is 5.41 Å². The van der Waals surface area contributed by atoms with Gasteiger partial charge in [-0.1, -0.05) is 16.4 Å². The van der Waals surface area contributed by atoms with E-state index in [1.165, 1.54) is 15.8 Å². The summed E-state index contributed by atoms with van der Waals surface area (Å²) in [4.78, 5) is 0. The van der Waals surface area contributed by atoms with Gasteiger partial charge in [0.1, 0.15) is 5.03 Å². The molecule has 0 amide bonds.